The third-order valence-electron chi connectivity index (χ3n) is 2.58. The molecule has 2 rings (SSSR count). The maximum atomic E-state index is 11.3. The number of aromatic hydroxyl groups is 2. The lowest BCUT2D eigenvalue weighted by Crippen LogP contribution is -2.02. The van der Waals surface area contributed by atoms with Crippen LogP contribution >= 0.6 is 0 Å². The number of fused-ring (bicyclic) bond motifs is 1. The fourth-order valence-corrected chi connectivity index (χ4v) is 3.05. The lowest BCUT2D eigenvalue weighted by molar-refractivity contribution is 0.391. The highest BCUT2D eigenvalue weighted by Gasteiger charge is 2.24. The molecular weight excluding hydrogens is 312 g/mol. The molecule has 2 aromatic rings. The largest absolute Gasteiger partial charge is 0.504 e. The molecule has 0 saturated heterocycles. The first-order chi connectivity index (χ1) is 9.01. The van der Waals surface area contributed by atoms with E-state index in [9.17, 15) is 27.0 Å². The Bertz CT molecular complexity index is 912. The summed E-state index contributed by atoms with van der Waals surface area (Å²) >= 11 is 0. The predicted molar refractivity (Wildman–Crippen MR) is 66.9 cm³/mol. The molecule has 2 aromatic carbocycles. The standard InChI is InChI=1S/C10H8O8S2/c11-8-3-5-1-2-6(19(13,14)15)4-7(5)10(9(8)12)20(16,17)18/h1-4,11-12H,(H,13,14,15)(H,16,17,18). The smallest absolute Gasteiger partial charge is 0.298 e. The second kappa shape index (κ2) is 4.31. The number of hydrogen-bond acceptors (Lipinski definition) is 6. The van der Waals surface area contributed by atoms with E-state index in [4.69, 9.17) is 9.11 Å². The van der Waals surface area contributed by atoms with Crippen molar-refractivity contribution in [2.75, 3.05) is 0 Å². The second-order valence-electron chi connectivity index (χ2n) is 3.91. The quantitative estimate of drug-likeness (QED) is 0.467. The summed E-state index contributed by atoms with van der Waals surface area (Å²) in [6, 6.07) is 3.81. The van der Waals surface area contributed by atoms with Crippen molar-refractivity contribution in [3.05, 3.63) is 24.3 Å². The van der Waals surface area contributed by atoms with Gasteiger partial charge in [0.15, 0.2) is 11.5 Å². The number of benzene rings is 2. The molecule has 10 heteroatoms. The highest BCUT2D eigenvalue weighted by atomic mass is 32.2. The third-order valence-corrected chi connectivity index (χ3v) is 4.35. The van der Waals surface area contributed by atoms with Crippen LogP contribution in [0.2, 0.25) is 0 Å². The van der Waals surface area contributed by atoms with Gasteiger partial charge in [0, 0.05) is 5.39 Å². The molecule has 0 fully saturated rings. The van der Waals surface area contributed by atoms with Crippen LogP contribution in [0.3, 0.4) is 0 Å². The molecule has 0 aliphatic carbocycles. The van der Waals surface area contributed by atoms with E-state index in [-0.39, 0.29) is 10.8 Å². The molecule has 0 bridgehead atoms. The average Bonchev–Trinajstić information content (AvgIpc) is 2.27. The summed E-state index contributed by atoms with van der Waals surface area (Å²) in [5, 5.41) is 18.6. The molecule has 4 N–H and O–H groups in total. The van der Waals surface area contributed by atoms with Gasteiger partial charge in [-0.25, -0.2) is 0 Å². The van der Waals surface area contributed by atoms with Crippen molar-refractivity contribution in [3.63, 3.8) is 0 Å². The van der Waals surface area contributed by atoms with Gasteiger partial charge < -0.3 is 10.2 Å². The van der Waals surface area contributed by atoms with Crippen LogP contribution in [0.25, 0.3) is 10.8 Å². The maximum absolute atomic E-state index is 11.3. The first-order valence-electron chi connectivity index (χ1n) is 4.95. The molecule has 0 unspecified atom stereocenters. The first kappa shape index (κ1) is 14.5. The molecule has 0 saturated carbocycles. The maximum Gasteiger partial charge on any atom is 0.298 e. The van der Waals surface area contributed by atoms with Crippen LogP contribution in [0.5, 0.6) is 11.5 Å². The van der Waals surface area contributed by atoms with E-state index in [0.29, 0.717) is 0 Å². The van der Waals surface area contributed by atoms with Crippen molar-refractivity contribution in [1.82, 2.24) is 0 Å². The predicted octanol–water partition coefficient (Wildman–Crippen LogP) is 0.744. The van der Waals surface area contributed by atoms with E-state index in [0.717, 1.165) is 24.3 Å². The highest BCUT2D eigenvalue weighted by molar-refractivity contribution is 7.86. The zero-order chi connectivity index (χ0) is 15.3. The minimum absolute atomic E-state index is 0.0420. The van der Waals surface area contributed by atoms with E-state index in [1.807, 2.05) is 0 Å². The third kappa shape index (κ3) is 2.41. The van der Waals surface area contributed by atoms with Crippen LogP contribution in [-0.4, -0.2) is 36.2 Å². The monoisotopic (exact) mass is 320 g/mol. The average molecular weight is 320 g/mol. The zero-order valence-corrected chi connectivity index (χ0v) is 11.2. The summed E-state index contributed by atoms with van der Waals surface area (Å²) < 4.78 is 62.5. The minimum Gasteiger partial charge on any atom is -0.504 e. The molecule has 108 valence electrons. The van der Waals surface area contributed by atoms with Crippen molar-refractivity contribution in [1.29, 1.82) is 0 Å². The number of hydrogen-bond donors (Lipinski definition) is 4. The zero-order valence-electron chi connectivity index (χ0n) is 9.55. The van der Waals surface area contributed by atoms with Crippen LogP contribution in [-0.2, 0) is 20.2 Å². The molecule has 0 aromatic heterocycles. The van der Waals surface area contributed by atoms with Gasteiger partial charge in [-0.15, -0.1) is 0 Å². The Morgan fingerprint density at radius 1 is 0.850 bits per heavy atom. The Labute approximate surface area is 113 Å². The summed E-state index contributed by atoms with van der Waals surface area (Å²) in [5.74, 6) is -1.92. The Morgan fingerprint density at radius 3 is 1.95 bits per heavy atom. The Hall–Kier alpha value is -1.88. The summed E-state index contributed by atoms with van der Waals surface area (Å²) in [7, 11) is -9.53. The minimum atomic E-state index is -4.93. The molecule has 0 heterocycles. The van der Waals surface area contributed by atoms with Crippen molar-refractivity contribution in [2.45, 2.75) is 9.79 Å². The lowest BCUT2D eigenvalue weighted by Gasteiger charge is -2.09. The fraction of sp³-hybridized carbons (Fsp3) is 0. The van der Waals surface area contributed by atoms with E-state index >= 15 is 0 Å². The summed E-state index contributed by atoms with van der Waals surface area (Å²) in [6.45, 7) is 0. The molecule has 0 spiro atoms. The number of rotatable bonds is 2. The summed E-state index contributed by atoms with van der Waals surface area (Å²) in [4.78, 5) is -1.67. The normalized spacial score (nSPS) is 12.7. The molecular formula is C10H8O8S2. The Morgan fingerprint density at radius 2 is 1.45 bits per heavy atom. The van der Waals surface area contributed by atoms with E-state index < -0.39 is 41.5 Å². The summed E-state index contributed by atoms with van der Waals surface area (Å²) in [6.07, 6.45) is 0. The van der Waals surface area contributed by atoms with E-state index in [2.05, 4.69) is 0 Å². The Kier molecular flexibility index (Phi) is 3.13. The molecule has 0 radical (unpaired) electrons. The van der Waals surface area contributed by atoms with Gasteiger partial charge in [0.2, 0.25) is 0 Å². The summed E-state index contributed by atoms with van der Waals surface area (Å²) in [5.41, 5.74) is 0. The van der Waals surface area contributed by atoms with Crippen LogP contribution in [0, 0.1) is 0 Å². The van der Waals surface area contributed by atoms with Crippen LogP contribution in [0.1, 0.15) is 0 Å². The molecule has 0 atom stereocenters. The Balaban J connectivity index is 3.05. The molecule has 0 amide bonds. The van der Waals surface area contributed by atoms with Gasteiger partial charge >= 0.3 is 0 Å². The fourth-order valence-electron chi connectivity index (χ4n) is 1.74. The highest BCUT2D eigenvalue weighted by Crippen LogP contribution is 2.39. The molecule has 0 aliphatic rings. The van der Waals surface area contributed by atoms with Gasteiger partial charge in [-0.3, -0.25) is 9.11 Å². The SMILES string of the molecule is O=S(=O)(O)c1ccc2cc(O)c(O)c(S(=O)(=O)O)c2c1. The van der Waals surface area contributed by atoms with Crippen molar-refractivity contribution in [2.24, 2.45) is 0 Å². The first-order valence-corrected chi connectivity index (χ1v) is 7.83. The van der Waals surface area contributed by atoms with Crippen LogP contribution in [0.15, 0.2) is 34.1 Å². The van der Waals surface area contributed by atoms with Crippen LogP contribution < -0.4 is 0 Å². The molecule has 8 nitrogen and oxygen atoms in total. The van der Waals surface area contributed by atoms with Gasteiger partial charge in [-0.1, -0.05) is 6.07 Å². The molecule has 20 heavy (non-hydrogen) atoms. The lowest BCUT2D eigenvalue weighted by atomic mass is 10.1. The van der Waals surface area contributed by atoms with Gasteiger partial charge in [0.05, 0.1) is 4.90 Å². The van der Waals surface area contributed by atoms with Gasteiger partial charge in [0.25, 0.3) is 20.2 Å². The topological polar surface area (TPSA) is 149 Å². The number of phenols is 2. The van der Waals surface area contributed by atoms with Crippen molar-refractivity contribution in [3.8, 4) is 11.5 Å². The van der Waals surface area contributed by atoms with Gasteiger partial charge in [-0.05, 0) is 23.6 Å². The van der Waals surface area contributed by atoms with Crippen molar-refractivity contribution >= 4 is 31.0 Å². The van der Waals surface area contributed by atoms with E-state index in [1.54, 1.807) is 0 Å². The molecule has 0 aliphatic heterocycles. The van der Waals surface area contributed by atoms with Crippen molar-refractivity contribution < 1.29 is 36.2 Å². The van der Waals surface area contributed by atoms with Gasteiger partial charge in [0.1, 0.15) is 4.90 Å². The second-order valence-corrected chi connectivity index (χ2v) is 6.69. The van der Waals surface area contributed by atoms with Gasteiger partial charge in [-0.2, -0.15) is 16.8 Å². The van der Waals surface area contributed by atoms with Crippen LogP contribution in [0.4, 0.5) is 0 Å². The number of phenolic OH excluding ortho intramolecular Hbond substituents is 2. The van der Waals surface area contributed by atoms with E-state index in [1.165, 1.54) is 0 Å².